The van der Waals surface area contributed by atoms with Gasteiger partial charge in [-0.1, -0.05) is 12.2 Å². The number of nitrogens with zero attached hydrogens (tertiary/aromatic N) is 5. The van der Waals surface area contributed by atoms with Gasteiger partial charge in [0.15, 0.2) is 5.65 Å². The first-order valence-corrected chi connectivity index (χ1v) is 8.72. The molecule has 0 saturated carbocycles. The van der Waals surface area contributed by atoms with Gasteiger partial charge in [-0.25, -0.2) is 14.6 Å². The van der Waals surface area contributed by atoms with Gasteiger partial charge in [0.25, 0.3) is 0 Å². The van der Waals surface area contributed by atoms with Crippen LogP contribution in [0.25, 0.3) is 11.0 Å². The summed E-state index contributed by atoms with van der Waals surface area (Å²) in [6.07, 6.45) is 9.70. The predicted octanol–water partition coefficient (Wildman–Crippen LogP) is 2.93. The summed E-state index contributed by atoms with van der Waals surface area (Å²) in [4.78, 5) is 11.2. The van der Waals surface area contributed by atoms with Crippen molar-refractivity contribution in [2.24, 2.45) is 13.0 Å². The maximum absolute atomic E-state index is 5.30. The van der Waals surface area contributed by atoms with E-state index in [0.29, 0.717) is 12.5 Å². The molecular weight excluding hydrogens is 358 g/mol. The van der Waals surface area contributed by atoms with Crippen LogP contribution in [0.5, 0.6) is 0 Å². The third-order valence-corrected chi connectivity index (χ3v) is 4.83. The number of aromatic nitrogens is 4. The number of halogens is 1. The molecule has 1 aliphatic rings. The molecule has 23 heavy (non-hydrogen) atoms. The van der Waals surface area contributed by atoms with Gasteiger partial charge in [-0.3, -0.25) is 0 Å². The molecular formula is C16H22BrN5O. The minimum Gasteiger partial charge on any atom is -0.383 e. The monoisotopic (exact) mass is 379 g/mol. The van der Waals surface area contributed by atoms with E-state index in [9.17, 15) is 0 Å². The van der Waals surface area contributed by atoms with E-state index in [1.54, 1.807) is 18.1 Å². The molecule has 124 valence electrons. The number of allylic oxidation sites excluding steroid dienone is 2. The molecule has 1 atom stereocenters. The molecule has 0 fully saturated rings. The molecule has 0 spiro atoms. The van der Waals surface area contributed by atoms with Crippen molar-refractivity contribution in [2.45, 2.75) is 19.3 Å². The predicted molar refractivity (Wildman–Crippen MR) is 94.6 cm³/mol. The van der Waals surface area contributed by atoms with E-state index >= 15 is 0 Å². The Morgan fingerprint density at radius 2 is 2.26 bits per heavy atom. The van der Waals surface area contributed by atoms with Crippen LogP contribution in [-0.2, 0) is 11.8 Å². The summed E-state index contributed by atoms with van der Waals surface area (Å²) in [6, 6.07) is 0. The molecule has 1 unspecified atom stereocenters. The maximum atomic E-state index is 5.30. The highest BCUT2D eigenvalue weighted by molar-refractivity contribution is 9.10. The molecule has 0 N–H and O–H groups in total. The molecule has 2 aromatic heterocycles. The van der Waals surface area contributed by atoms with Gasteiger partial charge in [0.2, 0.25) is 0 Å². The Hall–Kier alpha value is -1.47. The summed E-state index contributed by atoms with van der Waals surface area (Å²) in [6.45, 7) is 2.46. The van der Waals surface area contributed by atoms with Crippen LogP contribution in [0, 0.1) is 5.92 Å². The van der Waals surface area contributed by atoms with E-state index in [2.05, 4.69) is 48.0 Å². The van der Waals surface area contributed by atoms with Crippen LogP contribution in [0.15, 0.2) is 23.1 Å². The Kier molecular flexibility index (Phi) is 5.27. The van der Waals surface area contributed by atoms with Gasteiger partial charge in [0, 0.05) is 27.2 Å². The van der Waals surface area contributed by atoms with Crippen molar-refractivity contribution in [3.63, 3.8) is 0 Å². The number of hydrogen-bond donors (Lipinski definition) is 0. The van der Waals surface area contributed by atoms with Crippen LogP contribution in [-0.4, -0.2) is 46.6 Å². The summed E-state index contributed by atoms with van der Waals surface area (Å²) in [5, 5.41) is 5.39. The van der Waals surface area contributed by atoms with Gasteiger partial charge in [-0.2, -0.15) is 5.10 Å². The number of hydrogen-bond acceptors (Lipinski definition) is 5. The van der Waals surface area contributed by atoms with Gasteiger partial charge < -0.3 is 9.64 Å². The van der Waals surface area contributed by atoms with Crippen molar-refractivity contribution in [2.75, 3.05) is 31.7 Å². The molecule has 0 aromatic carbocycles. The average Bonchev–Trinajstić information content (AvgIpc) is 2.87. The van der Waals surface area contributed by atoms with E-state index in [0.717, 1.165) is 41.0 Å². The fourth-order valence-electron chi connectivity index (χ4n) is 3.08. The smallest absolute Gasteiger partial charge is 0.164 e. The lowest BCUT2D eigenvalue weighted by atomic mass is 9.94. The second-order valence-corrected chi connectivity index (χ2v) is 6.65. The molecule has 2 heterocycles. The third kappa shape index (κ3) is 3.55. The molecule has 2 aromatic rings. The average molecular weight is 380 g/mol. The number of ether oxygens (including phenoxy) is 1. The van der Waals surface area contributed by atoms with E-state index in [1.165, 1.54) is 12.8 Å². The Morgan fingerprint density at radius 1 is 1.39 bits per heavy atom. The molecule has 6 nitrogen and oxygen atoms in total. The SMILES string of the molecule is COCCN(CC1CC=CCC1)c1ncnc2c1c(Br)nn2C. The lowest BCUT2D eigenvalue weighted by Crippen LogP contribution is -2.33. The van der Waals surface area contributed by atoms with E-state index < -0.39 is 0 Å². The van der Waals surface area contributed by atoms with Crippen molar-refractivity contribution in [3.8, 4) is 0 Å². The van der Waals surface area contributed by atoms with Gasteiger partial charge in [-0.15, -0.1) is 0 Å². The molecule has 1 aliphatic carbocycles. The Labute approximate surface area is 144 Å². The topological polar surface area (TPSA) is 56.1 Å². The van der Waals surface area contributed by atoms with Crippen LogP contribution >= 0.6 is 15.9 Å². The largest absolute Gasteiger partial charge is 0.383 e. The highest BCUT2D eigenvalue weighted by Gasteiger charge is 2.21. The van der Waals surface area contributed by atoms with Crippen molar-refractivity contribution < 1.29 is 4.74 Å². The number of methoxy groups -OCH3 is 1. The highest BCUT2D eigenvalue weighted by atomic mass is 79.9. The summed E-state index contributed by atoms with van der Waals surface area (Å²) in [7, 11) is 3.63. The van der Waals surface area contributed by atoms with E-state index in [1.807, 2.05) is 7.05 Å². The number of rotatable bonds is 6. The highest BCUT2D eigenvalue weighted by Crippen LogP contribution is 2.31. The van der Waals surface area contributed by atoms with E-state index in [-0.39, 0.29) is 0 Å². The van der Waals surface area contributed by atoms with Crippen LogP contribution < -0.4 is 4.90 Å². The van der Waals surface area contributed by atoms with Gasteiger partial charge in [0.05, 0.1) is 12.0 Å². The molecule has 0 aliphatic heterocycles. The van der Waals surface area contributed by atoms with Gasteiger partial charge in [-0.05, 0) is 41.1 Å². The number of aryl methyl sites for hydroxylation is 1. The van der Waals surface area contributed by atoms with Crippen molar-refractivity contribution in [1.29, 1.82) is 0 Å². The number of fused-ring (bicyclic) bond motifs is 1. The van der Waals surface area contributed by atoms with Gasteiger partial charge >= 0.3 is 0 Å². The Bertz CT molecular complexity index is 699. The zero-order valence-electron chi connectivity index (χ0n) is 13.6. The van der Waals surface area contributed by atoms with E-state index in [4.69, 9.17) is 4.74 Å². The maximum Gasteiger partial charge on any atom is 0.164 e. The van der Waals surface area contributed by atoms with Gasteiger partial charge in [0.1, 0.15) is 16.7 Å². The molecule has 3 rings (SSSR count). The summed E-state index contributed by atoms with van der Waals surface area (Å²) in [5.74, 6) is 1.58. The molecule has 0 saturated heterocycles. The molecule has 0 amide bonds. The Balaban J connectivity index is 1.93. The van der Waals surface area contributed by atoms with Crippen LogP contribution in [0.1, 0.15) is 19.3 Å². The second-order valence-electron chi connectivity index (χ2n) is 5.90. The van der Waals surface area contributed by atoms with Crippen LogP contribution in [0.2, 0.25) is 0 Å². The molecule has 0 bridgehead atoms. The van der Waals surface area contributed by atoms with Crippen LogP contribution in [0.4, 0.5) is 5.82 Å². The standard InChI is InChI=1S/C16H22BrN5O/c1-21-15-13(14(17)20-21)16(19-11-18-15)22(8-9-23-2)10-12-6-4-3-5-7-12/h3-4,11-12H,5-10H2,1-2H3. The van der Waals surface area contributed by atoms with Crippen LogP contribution in [0.3, 0.4) is 0 Å². The molecule has 0 radical (unpaired) electrons. The lowest BCUT2D eigenvalue weighted by molar-refractivity contribution is 0.204. The minimum absolute atomic E-state index is 0.650. The summed E-state index contributed by atoms with van der Waals surface area (Å²) in [5.41, 5.74) is 0.841. The zero-order valence-corrected chi connectivity index (χ0v) is 15.2. The quantitative estimate of drug-likeness (QED) is 0.722. The second kappa shape index (κ2) is 7.40. The van der Waals surface area contributed by atoms with Crippen molar-refractivity contribution in [1.82, 2.24) is 19.7 Å². The first kappa shape index (κ1) is 16.4. The summed E-state index contributed by atoms with van der Waals surface area (Å²) < 4.78 is 7.87. The first-order chi connectivity index (χ1) is 11.2. The summed E-state index contributed by atoms with van der Waals surface area (Å²) >= 11 is 3.55. The third-order valence-electron chi connectivity index (χ3n) is 4.28. The zero-order chi connectivity index (χ0) is 16.2. The normalized spacial score (nSPS) is 17.8. The Morgan fingerprint density at radius 3 is 3.00 bits per heavy atom. The molecule has 7 heteroatoms. The minimum atomic E-state index is 0.650. The fraction of sp³-hybridized carbons (Fsp3) is 0.562. The fourth-order valence-corrected chi connectivity index (χ4v) is 3.68. The van der Waals surface area contributed by atoms with Crippen molar-refractivity contribution in [3.05, 3.63) is 23.1 Å². The number of anilines is 1. The van der Waals surface area contributed by atoms with Crippen molar-refractivity contribution >= 4 is 32.8 Å². The lowest BCUT2D eigenvalue weighted by Gasteiger charge is -2.29. The first-order valence-electron chi connectivity index (χ1n) is 7.92.